The molecule has 1 amide bonds. The molecule has 0 radical (unpaired) electrons. The van der Waals surface area contributed by atoms with Gasteiger partial charge in [0.05, 0.1) is 13.2 Å². The number of hydrogen-bond donors (Lipinski definition) is 1. The minimum absolute atomic E-state index is 0.0802. The lowest BCUT2D eigenvalue weighted by molar-refractivity contribution is -0.0361. The fourth-order valence-corrected chi connectivity index (χ4v) is 4.23. The SMILES string of the molecule is O=C(NCC1(N2CCOCC2)CCCCC1)c1cn2ccccc2n1. The summed E-state index contributed by atoms with van der Waals surface area (Å²) in [5.41, 5.74) is 1.36. The quantitative estimate of drug-likeness (QED) is 0.924. The smallest absolute Gasteiger partial charge is 0.271 e. The lowest BCUT2D eigenvalue weighted by atomic mass is 9.79. The molecule has 0 atom stereocenters. The van der Waals surface area contributed by atoms with Gasteiger partial charge in [-0.25, -0.2) is 4.98 Å². The van der Waals surface area contributed by atoms with Crippen molar-refractivity contribution in [3.05, 3.63) is 36.3 Å². The van der Waals surface area contributed by atoms with E-state index in [4.69, 9.17) is 4.74 Å². The van der Waals surface area contributed by atoms with Crippen LogP contribution in [0.25, 0.3) is 5.65 Å². The second kappa shape index (κ2) is 7.14. The van der Waals surface area contributed by atoms with Crippen LogP contribution in [0.2, 0.25) is 0 Å². The minimum Gasteiger partial charge on any atom is -0.379 e. The third-order valence-corrected chi connectivity index (χ3v) is 5.64. The zero-order valence-corrected chi connectivity index (χ0v) is 14.6. The van der Waals surface area contributed by atoms with Crippen LogP contribution in [-0.2, 0) is 4.74 Å². The van der Waals surface area contributed by atoms with Gasteiger partial charge in [-0.3, -0.25) is 9.69 Å². The molecule has 6 heteroatoms. The lowest BCUT2D eigenvalue weighted by Gasteiger charge is -2.48. The Morgan fingerprint density at radius 3 is 2.76 bits per heavy atom. The monoisotopic (exact) mass is 342 g/mol. The Labute approximate surface area is 148 Å². The predicted molar refractivity (Wildman–Crippen MR) is 95.7 cm³/mol. The van der Waals surface area contributed by atoms with Crippen LogP contribution in [0.15, 0.2) is 30.6 Å². The molecule has 0 aromatic carbocycles. The highest BCUT2D eigenvalue weighted by Gasteiger charge is 2.38. The van der Waals surface area contributed by atoms with E-state index < -0.39 is 0 Å². The summed E-state index contributed by atoms with van der Waals surface area (Å²) in [5.74, 6) is -0.0816. The lowest BCUT2D eigenvalue weighted by Crippen LogP contribution is -2.59. The van der Waals surface area contributed by atoms with E-state index in [-0.39, 0.29) is 11.4 Å². The molecule has 4 rings (SSSR count). The van der Waals surface area contributed by atoms with Gasteiger partial charge in [0, 0.05) is 37.6 Å². The number of rotatable bonds is 4. The van der Waals surface area contributed by atoms with Crippen LogP contribution in [-0.4, -0.2) is 58.6 Å². The first-order chi connectivity index (χ1) is 12.3. The molecular weight excluding hydrogens is 316 g/mol. The number of pyridine rings is 1. The van der Waals surface area contributed by atoms with Gasteiger partial charge < -0.3 is 14.5 Å². The van der Waals surface area contributed by atoms with Gasteiger partial charge in [0.25, 0.3) is 5.91 Å². The molecule has 2 fully saturated rings. The maximum absolute atomic E-state index is 12.7. The Kier molecular flexibility index (Phi) is 4.72. The van der Waals surface area contributed by atoms with E-state index in [2.05, 4.69) is 15.2 Å². The molecule has 3 heterocycles. The van der Waals surface area contributed by atoms with E-state index in [0.29, 0.717) is 12.2 Å². The number of nitrogens with one attached hydrogen (secondary N) is 1. The van der Waals surface area contributed by atoms with Crippen molar-refractivity contribution in [3.63, 3.8) is 0 Å². The van der Waals surface area contributed by atoms with E-state index in [1.165, 1.54) is 19.3 Å². The molecule has 6 nitrogen and oxygen atoms in total. The molecule has 0 unspecified atom stereocenters. The summed E-state index contributed by atoms with van der Waals surface area (Å²) in [6.07, 6.45) is 9.79. The van der Waals surface area contributed by atoms with Gasteiger partial charge in [-0.1, -0.05) is 25.3 Å². The molecule has 0 bridgehead atoms. The molecule has 1 N–H and O–H groups in total. The van der Waals surface area contributed by atoms with Crippen molar-refractivity contribution < 1.29 is 9.53 Å². The average molecular weight is 342 g/mol. The number of amides is 1. The molecular formula is C19H26N4O2. The minimum atomic E-state index is -0.0816. The largest absolute Gasteiger partial charge is 0.379 e. The van der Waals surface area contributed by atoms with Gasteiger partial charge >= 0.3 is 0 Å². The second-order valence-electron chi connectivity index (χ2n) is 7.16. The maximum Gasteiger partial charge on any atom is 0.271 e. The topological polar surface area (TPSA) is 58.9 Å². The number of fused-ring (bicyclic) bond motifs is 1. The molecule has 1 aliphatic carbocycles. The van der Waals surface area contributed by atoms with Crippen molar-refractivity contribution in [2.45, 2.75) is 37.6 Å². The standard InChI is InChI=1S/C19H26N4O2/c24-18(16-14-22-9-5-2-6-17(22)21-16)20-15-19(7-3-1-4-8-19)23-10-12-25-13-11-23/h2,5-6,9,14H,1,3-4,7-8,10-13,15H2,(H,20,24). The van der Waals surface area contributed by atoms with E-state index in [0.717, 1.165) is 44.8 Å². The van der Waals surface area contributed by atoms with Crippen LogP contribution in [0.1, 0.15) is 42.6 Å². The van der Waals surface area contributed by atoms with E-state index >= 15 is 0 Å². The fourth-order valence-electron chi connectivity index (χ4n) is 4.23. The van der Waals surface area contributed by atoms with Gasteiger partial charge in [0.15, 0.2) is 0 Å². The Morgan fingerprint density at radius 2 is 2.00 bits per heavy atom. The predicted octanol–water partition coefficient (Wildman–Crippen LogP) is 2.10. The summed E-state index contributed by atoms with van der Waals surface area (Å²) in [6, 6.07) is 5.78. The van der Waals surface area contributed by atoms with Crippen molar-refractivity contribution >= 4 is 11.6 Å². The van der Waals surface area contributed by atoms with Gasteiger partial charge in [-0.15, -0.1) is 0 Å². The number of aromatic nitrogens is 2. The van der Waals surface area contributed by atoms with Gasteiger partial charge in [-0.2, -0.15) is 0 Å². The fraction of sp³-hybridized carbons (Fsp3) is 0.579. The summed E-state index contributed by atoms with van der Waals surface area (Å²) in [5, 5.41) is 3.17. The van der Waals surface area contributed by atoms with Gasteiger partial charge in [0.1, 0.15) is 11.3 Å². The van der Waals surface area contributed by atoms with Crippen molar-refractivity contribution in [3.8, 4) is 0 Å². The molecule has 1 saturated carbocycles. The summed E-state index contributed by atoms with van der Waals surface area (Å²) in [4.78, 5) is 19.6. The number of morpholine rings is 1. The molecule has 2 aliphatic rings. The highest BCUT2D eigenvalue weighted by Crippen LogP contribution is 2.33. The Balaban J connectivity index is 1.47. The molecule has 1 saturated heterocycles. The molecule has 2 aromatic rings. The number of nitrogens with zero attached hydrogens (tertiary/aromatic N) is 3. The number of imidazole rings is 1. The molecule has 1 aliphatic heterocycles. The van der Waals surface area contributed by atoms with Crippen LogP contribution in [0, 0.1) is 0 Å². The van der Waals surface area contributed by atoms with Crippen molar-refractivity contribution in [2.24, 2.45) is 0 Å². The second-order valence-corrected chi connectivity index (χ2v) is 7.16. The van der Waals surface area contributed by atoms with Crippen molar-refractivity contribution in [2.75, 3.05) is 32.8 Å². The van der Waals surface area contributed by atoms with Crippen LogP contribution in [0.3, 0.4) is 0 Å². The first-order valence-corrected chi connectivity index (χ1v) is 9.32. The van der Waals surface area contributed by atoms with E-state index in [9.17, 15) is 4.79 Å². The Morgan fingerprint density at radius 1 is 1.20 bits per heavy atom. The molecule has 134 valence electrons. The normalized spacial score (nSPS) is 21.3. The molecule has 0 spiro atoms. The number of ether oxygens (including phenoxy) is 1. The highest BCUT2D eigenvalue weighted by atomic mass is 16.5. The van der Waals surface area contributed by atoms with Crippen LogP contribution < -0.4 is 5.32 Å². The first-order valence-electron chi connectivity index (χ1n) is 9.32. The highest BCUT2D eigenvalue weighted by molar-refractivity contribution is 5.92. The zero-order valence-electron chi connectivity index (χ0n) is 14.6. The van der Waals surface area contributed by atoms with E-state index in [1.54, 1.807) is 6.20 Å². The zero-order chi connectivity index (χ0) is 17.1. The van der Waals surface area contributed by atoms with Crippen LogP contribution in [0.5, 0.6) is 0 Å². The average Bonchev–Trinajstić information content (AvgIpc) is 3.12. The summed E-state index contributed by atoms with van der Waals surface area (Å²) < 4.78 is 7.40. The number of carbonyl (C=O) groups excluding carboxylic acids is 1. The Bertz CT molecular complexity index is 697. The van der Waals surface area contributed by atoms with Crippen molar-refractivity contribution in [1.29, 1.82) is 0 Å². The van der Waals surface area contributed by atoms with Gasteiger partial charge in [0.2, 0.25) is 0 Å². The summed E-state index contributed by atoms with van der Waals surface area (Å²) >= 11 is 0. The molecule has 2 aromatic heterocycles. The number of hydrogen-bond acceptors (Lipinski definition) is 4. The maximum atomic E-state index is 12.7. The Hall–Kier alpha value is -1.92. The van der Waals surface area contributed by atoms with Gasteiger partial charge in [-0.05, 0) is 25.0 Å². The molecule has 25 heavy (non-hydrogen) atoms. The summed E-state index contributed by atoms with van der Waals surface area (Å²) in [6.45, 7) is 4.21. The number of carbonyl (C=O) groups is 1. The van der Waals surface area contributed by atoms with E-state index in [1.807, 2.05) is 28.8 Å². The van der Waals surface area contributed by atoms with Crippen molar-refractivity contribution in [1.82, 2.24) is 19.6 Å². The van der Waals surface area contributed by atoms with Crippen LogP contribution in [0.4, 0.5) is 0 Å². The van der Waals surface area contributed by atoms with Crippen LogP contribution >= 0.6 is 0 Å². The summed E-state index contributed by atoms with van der Waals surface area (Å²) in [7, 11) is 0. The third-order valence-electron chi connectivity index (χ3n) is 5.64. The third kappa shape index (κ3) is 3.41. The first kappa shape index (κ1) is 16.5.